The predicted molar refractivity (Wildman–Crippen MR) is 98.3 cm³/mol. The summed E-state index contributed by atoms with van der Waals surface area (Å²) >= 11 is 1.86. The lowest BCUT2D eigenvalue weighted by molar-refractivity contribution is -0.132. The number of amidine groups is 1. The zero-order chi connectivity index (χ0) is 17.2. The second-order valence-electron chi connectivity index (χ2n) is 7.10. The molecule has 2 aliphatic heterocycles. The number of piperazine rings is 1. The molecule has 0 radical (unpaired) electrons. The molecule has 0 bridgehead atoms. The second-order valence-corrected chi connectivity index (χ2v) is 8.77. The molecule has 1 aromatic rings. The lowest BCUT2D eigenvalue weighted by atomic mass is 10.2. The van der Waals surface area contributed by atoms with Crippen LogP contribution in [-0.4, -0.2) is 67.9 Å². The van der Waals surface area contributed by atoms with Crippen molar-refractivity contribution >= 4 is 22.8 Å². The Morgan fingerprint density at radius 3 is 2.62 bits per heavy atom. The molecule has 7 heteroatoms. The van der Waals surface area contributed by atoms with Gasteiger partial charge >= 0.3 is 0 Å². The normalized spacial score (nSPS) is 20.4. The summed E-state index contributed by atoms with van der Waals surface area (Å²) in [6.45, 7) is 11.6. The number of carbonyl (C=O) groups excluding carboxylic acids is 1. The number of hydrogen-bond acceptors (Lipinski definition) is 5. The molecule has 0 atom stereocenters. The Labute approximate surface area is 148 Å². The Kier molecular flexibility index (Phi) is 5.18. The summed E-state index contributed by atoms with van der Waals surface area (Å²) in [5, 5.41) is 1.16. The minimum atomic E-state index is 0.216. The monoisotopic (exact) mass is 349 g/mol. The molecule has 1 aromatic heterocycles. The van der Waals surface area contributed by atoms with Crippen molar-refractivity contribution in [3.05, 3.63) is 18.2 Å². The number of thioether (sulfide) groups is 1. The smallest absolute Gasteiger partial charge is 0.222 e. The summed E-state index contributed by atoms with van der Waals surface area (Å²) in [7, 11) is 0. The zero-order valence-electron chi connectivity index (χ0n) is 14.9. The van der Waals surface area contributed by atoms with Crippen molar-refractivity contribution in [3.8, 4) is 0 Å². The topological polar surface area (TPSA) is 53.7 Å². The van der Waals surface area contributed by atoms with Crippen molar-refractivity contribution in [2.75, 3.05) is 32.7 Å². The highest BCUT2D eigenvalue weighted by molar-refractivity contribution is 8.15. The average Bonchev–Trinajstić information content (AvgIpc) is 3.13. The van der Waals surface area contributed by atoms with Gasteiger partial charge in [-0.15, -0.1) is 0 Å². The number of hydrogen-bond donors (Lipinski definition) is 0. The van der Waals surface area contributed by atoms with Gasteiger partial charge in [-0.05, 0) is 27.2 Å². The fraction of sp³-hybridized carbons (Fsp3) is 0.706. The van der Waals surface area contributed by atoms with Gasteiger partial charge in [0.1, 0.15) is 5.82 Å². The summed E-state index contributed by atoms with van der Waals surface area (Å²) in [5.74, 6) is 1.28. The highest BCUT2D eigenvalue weighted by Gasteiger charge is 2.32. The van der Waals surface area contributed by atoms with Gasteiger partial charge < -0.3 is 14.4 Å². The molecule has 0 aliphatic carbocycles. The van der Waals surface area contributed by atoms with Crippen LogP contribution in [-0.2, 0) is 11.3 Å². The Balaban J connectivity index is 1.40. The molecule has 132 valence electrons. The van der Waals surface area contributed by atoms with Gasteiger partial charge in [0.15, 0.2) is 5.17 Å². The molecular formula is C17H27N5OS. The zero-order valence-corrected chi connectivity index (χ0v) is 15.7. The summed E-state index contributed by atoms with van der Waals surface area (Å²) in [4.78, 5) is 25.6. The third-order valence-electron chi connectivity index (χ3n) is 4.58. The molecule has 6 nitrogen and oxygen atoms in total. The third kappa shape index (κ3) is 4.12. The highest BCUT2D eigenvalue weighted by Crippen LogP contribution is 2.33. The van der Waals surface area contributed by atoms with Crippen LogP contribution < -0.4 is 0 Å². The van der Waals surface area contributed by atoms with Gasteiger partial charge in [0.2, 0.25) is 5.91 Å². The molecule has 0 N–H and O–H groups in total. The summed E-state index contributed by atoms with van der Waals surface area (Å²) in [5.41, 5.74) is 0. The van der Waals surface area contributed by atoms with Crippen LogP contribution in [0.1, 0.15) is 32.5 Å². The van der Waals surface area contributed by atoms with Crippen LogP contribution in [0.2, 0.25) is 0 Å². The van der Waals surface area contributed by atoms with Crippen molar-refractivity contribution in [1.82, 2.24) is 19.4 Å². The lowest BCUT2D eigenvalue weighted by Crippen LogP contribution is -2.50. The first-order chi connectivity index (χ1) is 11.4. The molecular weight excluding hydrogens is 322 g/mol. The van der Waals surface area contributed by atoms with Crippen molar-refractivity contribution in [2.24, 2.45) is 4.99 Å². The molecule has 1 amide bonds. The Morgan fingerprint density at radius 1 is 1.29 bits per heavy atom. The van der Waals surface area contributed by atoms with E-state index >= 15 is 0 Å². The van der Waals surface area contributed by atoms with Gasteiger partial charge in [0.05, 0.1) is 6.54 Å². The molecule has 0 unspecified atom stereocenters. The van der Waals surface area contributed by atoms with Gasteiger partial charge in [0, 0.05) is 56.3 Å². The van der Waals surface area contributed by atoms with E-state index in [1.165, 1.54) is 0 Å². The maximum absolute atomic E-state index is 12.4. The Morgan fingerprint density at radius 2 is 2.04 bits per heavy atom. The molecule has 0 aromatic carbocycles. The van der Waals surface area contributed by atoms with Crippen LogP contribution in [0.5, 0.6) is 0 Å². The van der Waals surface area contributed by atoms with E-state index in [-0.39, 0.29) is 10.7 Å². The Bertz CT molecular complexity index is 616. The van der Waals surface area contributed by atoms with Gasteiger partial charge in [0.25, 0.3) is 0 Å². The largest absolute Gasteiger partial charge is 0.348 e. The summed E-state index contributed by atoms with van der Waals surface area (Å²) in [6.07, 6.45) is 5.26. The SMILES string of the molecule is Cc1nccn1CCCC(=O)N1CCN(C2=NCC(C)(C)S2)CC1. The van der Waals surface area contributed by atoms with Gasteiger partial charge in [-0.1, -0.05) is 11.8 Å². The van der Waals surface area contributed by atoms with E-state index in [4.69, 9.17) is 0 Å². The van der Waals surface area contributed by atoms with Crippen LogP contribution in [0.15, 0.2) is 17.4 Å². The van der Waals surface area contributed by atoms with Crippen molar-refractivity contribution in [2.45, 2.75) is 44.9 Å². The van der Waals surface area contributed by atoms with Crippen molar-refractivity contribution < 1.29 is 4.79 Å². The van der Waals surface area contributed by atoms with E-state index in [0.29, 0.717) is 6.42 Å². The van der Waals surface area contributed by atoms with Crippen LogP contribution in [0.3, 0.4) is 0 Å². The number of imidazole rings is 1. The summed E-state index contributed by atoms with van der Waals surface area (Å²) in [6, 6.07) is 0. The Hall–Kier alpha value is -1.50. The first-order valence-corrected chi connectivity index (χ1v) is 9.50. The van der Waals surface area contributed by atoms with Gasteiger partial charge in [-0.3, -0.25) is 9.79 Å². The number of carbonyl (C=O) groups is 1. The van der Waals surface area contributed by atoms with Crippen LogP contribution >= 0.6 is 11.8 Å². The maximum atomic E-state index is 12.4. The minimum Gasteiger partial charge on any atom is -0.348 e. The standard InChI is InChI=1S/C17H27N5OS/c1-14-18-6-8-20(14)7-4-5-15(23)21-9-11-22(12-10-21)16-19-13-17(2,3)24-16/h6,8H,4-5,7,9-13H2,1-3H3. The molecule has 24 heavy (non-hydrogen) atoms. The van der Waals surface area contributed by atoms with E-state index in [1.807, 2.05) is 29.8 Å². The fourth-order valence-electron chi connectivity index (χ4n) is 3.08. The molecule has 2 aliphatic rings. The average molecular weight is 350 g/mol. The quantitative estimate of drug-likeness (QED) is 0.834. The molecule has 0 saturated carbocycles. The predicted octanol–water partition coefficient (Wildman–Crippen LogP) is 2.00. The second kappa shape index (κ2) is 7.17. The third-order valence-corrected chi connectivity index (χ3v) is 5.83. The maximum Gasteiger partial charge on any atom is 0.222 e. The van der Waals surface area contributed by atoms with Crippen LogP contribution in [0, 0.1) is 6.92 Å². The number of rotatable bonds is 4. The number of aliphatic imine (C=N–C) groups is 1. The number of amides is 1. The minimum absolute atomic E-state index is 0.216. The molecule has 1 fully saturated rings. The van der Waals surface area contributed by atoms with Crippen molar-refractivity contribution in [1.29, 1.82) is 0 Å². The van der Waals surface area contributed by atoms with Crippen molar-refractivity contribution in [3.63, 3.8) is 0 Å². The van der Waals surface area contributed by atoms with E-state index < -0.39 is 0 Å². The molecule has 1 saturated heterocycles. The lowest BCUT2D eigenvalue weighted by Gasteiger charge is -2.36. The molecule has 3 rings (SSSR count). The fourth-order valence-corrected chi connectivity index (χ4v) is 4.14. The number of aromatic nitrogens is 2. The summed E-state index contributed by atoms with van der Waals surface area (Å²) < 4.78 is 2.32. The molecule has 3 heterocycles. The first kappa shape index (κ1) is 17.3. The molecule has 0 spiro atoms. The number of aryl methyl sites for hydroxylation is 2. The van der Waals surface area contributed by atoms with Gasteiger partial charge in [-0.25, -0.2) is 4.98 Å². The van der Waals surface area contributed by atoms with Crippen LogP contribution in [0.25, 0.3) is 0 Å². The number of nitrogens with zero attached hydrogens (tertiary/aromatic N) is 5. The first-order valence-electron chi connectivity index (χ1n) is 8.68. The van der Waals surface area contributed by atoms with E-state index in [1.54, 1.807) is 6.20 Å². The van der Waals surface area contributed by atoms with E-state index in [0.717, 1.165) is 56.7 Å². The van der Waals surface area contributed by atoms with Gasteiger partial charge in [-0.2, -0.15) is 0 Å². The van der Waals surface area contributed by atoms with E-state index in [9.17, 15) is 4.79 Å². The van der Waals surface area contributed by atoms with E-state index in [2.05, 4.69) is 33.3 Å². The highest BCUT2D eigenvalue weighted by atomic mass is 32.2. The van der Waals surface area contributed by atoms with Crippen LogP contribution in [0.4, 0.5) is 0 Å².